The fraction of sp³-hybridized carbons (Fsp3) is 0.118. The van der Waals surface area contributed by atoms with Crippen molar-refractivity contribution in [3.8, 4) is 0 Å². The van der Waals surface area contributed by atoms with Crippen LogP contribution in [0.2, 0.25) is 0 Å². The molecule has 3 rings (SSSR count). The number of hydrogen-bond donors (Lipinski definition) is 1. The maximum atomic E-state index is 12.3. The highest BCUT2D eigenvalue weighted by molar-refractivity contribution is 5.97. The zero-order chi connectivity index (χ0) is 16.2. The van der Waals surface area contributed by atoms with Crippen LogP contribution in [0.1, 0.15) is 17.3 Å². The molecule has 23 heavy (non-hydrogen) atoms. The van der Waals surface area contributed by atoms with Gasteiger partial charge in [0.25, 0.3) is 0 Å². The predicted molar refractivity (Wildman–Crippen MR) is 86.5 cm³/mol. The highest BCUT2D eigenvalue weighted by atomic mass is 16.5. The number of ether oxygens (including phenoxy) is 1. The maximum absolute atomic E-state index is 12.3. The first-order valence-electron chi connectivity index (χ1n) is 7.20. The smallest absolute Gasteiger partial charge is 0.347 e. The van der Waals surface area contributed by atoms with E-state index in [1.165, 1.54) is 4.68 Å². The number of carbonyl (C=O) groups is 2. The topological polar surface area (TPSA) is 73.2 Å². The number of benzene rings is 2. The van der Waals surface area contributed by atoms with Gasteiger partial charge in [-0.3, -0.25) is 0 Å². The van der Waals surface area contributed by atoms with Crippen molar-refractivity contribution < 1.29 is 14.3 Å². The van der Waals surface area contributed by atoms with Crippen LogP contribution in [0.4, 0.5) is 10.5 Å². The van der Waals surface area contributed by atoms with E-state index in [1.807, 2.05) is 24.3 Å². The van der Waals surface area contributed by atoms with Crippen LogP contribution in [0.5, 0.6) is 0 Å². The van der Waals surface area contributed by atoms with Crippen LogP contribution in [-0.4, -0.2) is 28.4 Å². The molecule has 1 N–H and O–H groups in total. The molecule has 116 valence electrons. The summed E-state index contributed by atoms with van der Waals surface area (Å²) in [6.45, 7) is 2.07. The number of anilines is 1. The number of nitrogens with zero attached hydrogens (tertiary/aromatic N) is 2. The lowest BCUT2D eigenvalue weighted by atomic mass is 10.2. The van der Waals surface area contributed by atoms with E-state index in [0.29, 0.717) is 17.9 Å². The molecule has 0 unspecified atom stereocenters. The van der Waals surface area contributed by atoms with Crippen molar-refractivity contribution in [1.29, 1.82) is 0 Å². The summed E-state index contributed by atoms with van der Waals surface area (Å²) >= 11 is 0. The van der Waals surface area contributed by atoms with Gasteiger partial charge in [-0.1, -0.05) is 18.2 Å². The largest absolute Gasteiger partial charge is 0.462 e. The Labute approximate surface area is 132 Å². The molecule has 1 heterocycles. The second kappa shape index (κ2) is 6.31. The van der Waals surface area contributed by atoms with Crippen LogP contribution in [0.3, 0.4) is 0 Å². The van der Waals surface area contributed by atoms with Crippen LogP contribution >= 0.6 is 0 Å². The highest BCUT2D eigenvalue weighted by Gasteiger charge is 2.11. The first-order valence-corrected chi connectivity index (χ1v) is 7.20. The number of aromatic nitrogens is 2. The third kappa shape index (κ3) is 3.06. The van der Waals surface area contributed by atoms with E-state index < -0.39 is 0 Å². The Balaban J connectivity index is 1.76. The number of hydrogen-bond acceptors (Lipinski definition) is 4. The van der Waals surface area contributed by atoms with Gasteiger partial charge in [0, 0.05) is 11.1 Å². The van der Waals surface area contributed by atoms with Crippen molar-refractivity contribution >= 4 is 28.6 Å². The molecule has 0 saturated carbocycles. The molecule has 1 amide bonds. The monoisotopic (exact) mass is 309 g/mol. The summed E-state index contributed by atoms with van der Waals surface area (Å²) in [4.78, 5) is 23.9. The van der Waals surface area contributed by atoms with Crippen LogP contribution in [0, 0.1) is 0 Å². The predicted octanol–water partition coefficient (Wildman–Crippen LogP) is 3.29. The van der Waals surface area contributed by atoms with Gasteiger partial charge in [-0.25, -0.2) is 9.59 Å². The Bertz CT molecular complexity index is 853. The first kappa shape index (κ1) is 14.8. The summed E-state index contributed by atoms with van der Waals surface area (Å²) in [6.07, 6.45) is 1.64. The molecule has 3 aromatic rings. The van der Waals surface area contributed by atoms with Crippen molar-refractivity contribution in [2.24, 2.45) is 0 Å². The van der Waals surface area contributed by atoms with Crippen molar-refractivity contribution in [3.05, 3.63) is 60.3 Å². The van der Waals surface area contributed by atoms with E-state index in [0.717, 1.165) is 10.9 Å². The lowest BCUT2D eigenvalue weighted by Gasteiger charge is -2.07. The minimum absolute atomic E-state index is 0.323. The van der Waals surface area contributed by atoms with Gasteiger partial charge in [0.15, 0.2) is 0 Å². The Morgan fingerprint density at radius 1 is 1.13 bits per heavy atom. The summed E-state index contributed by atoms with van der Waals surface area (Å²) in [5.41, 5.74) is 1.74. The van der Waals surface area contributed by atoms with Gasteiger partial charge < -0.3 is 10.1 Å². The van der Waals surface area contributed by atoms with E-state index in [4.69, 9.17) is 4.74 Å². The van der Waals surface area contributed by atoms with Crippen molar-refractivity contribution in [2.75, 3.05) is 11.9 Å². The standard InChI is InChI=1S/C17H15N3O3/c1-2-23-16(21)12-7-9-14(10-8-12)19-17(22)20-15-6-4-3-5-13(15)11-18-20/h3-11H,2H2,1H3,(H,19,22). The number of fused-ring (bicyclic) bond motifs is 1. The van der Waals surface area contributed by atoms with E-state index >= 15 is 0 Å². The highest BCUT2D eigenvalue weighted by Crippen LogP contribution is 2.15. The van der Waals surface area contributed by atoms with Crippen LogP contribution in [0.15, 0.2) is 54.7 Å². The number of rotatable bonds is 3. The lowest BCUT2D eigenvalue weighted by molar-refractivity contribution is 0.0526. The van der Waals surface area contributed by atoms with Crippen molar-refractivity contribution in [1.82, 2.24) is 9.78 Å². The quantitative estimate of drug-likeness (QED) is 0.753. The summed E-state index contributed by atoms with van der Waals surface area (Å²) < 4.78 is 6.22. The lowest BCUT2D eigenvalue weighted by Crippen LogP contribution is -2.20. The molecule has 0 fully saturated rings. The Hall–Kier alpha value is -3.15. The Kier molecular flexibility index (Phi) is 4.05. The van der Waals surface area contributed by atoms with E-state index in [1.54, 1.807) is 37.4 Å². The van der Waals surface area contributed by atoms with Gasteiger partial charge in [-0.05, 0) is 37.3 Å². The summed E-state index contributed by atoms with van der Waals surface area (Å²) in [5.74, 6) is -0.386. The van der Waals surface area contributed by atoms with Gasteiger partial charge in [0.2, 0.25) is 0 Å². The van der Waals surface area contributed by atoms with Gasteiger partial charge in [-0.15, -0.1) is 0 Å². The van der Waals surface area contributed by atoms with E-state index in [2.05, 4.69) is 10.4 Å². The minimum atomic E-state index is -0.386. The molecular formula is C17H15N3O3. The maximum Gasteiger partial charge on any atom is 0.347 e. The fourth-order valence-electron chi connectivity index (χ4n) is 2.21. The third-order valence-corrected chi connectivity index (χ3v) is 3.32. The Morgan fingerprint density at radius 2 is 1.87 bits per heavy atom. The second-order valence-electron chi connectivity index (χ2n) is 4.84. The molecule has 6 heteroatoms. The average molecular weight is 309 g/mol. The van der Waals surface area contributed by atoms with Crippen molar-refractivity contribution in [2.45, 2.75) is 6.92 Å². The molecule has 1 aromatic heterocycles. The minimum Gasteiger partial charge on any atom is -0.462 e. The van der Waals surface area contributed by atoms with Gasteiger partial charge in [0.1, 0.15) is 0 Å². The molecule has 0 aliphatic carbocycles. The number of amides is 1. The molecule has 0 bridgehead atoms. The number of nitrogens with one attached hydrogen (secondary N) is 1. The number of carbonyl (C=O) groups excluding carboxylic acids is 2. The fourth-order valence-corrected chi connectivity index (χ4v) is 2.21. The molecule has 6 nitrogen and oxygen atoms in total. The molecule has 0 spiro atoms. The molecule has 2 aromatic carbocycles. The average Bonchev–Trinajstić information content (AvgIpc) is 3.00. The molecule has 0 saturated heterocycles. The summed E-state index contributed by atoms with van der Waals surface area (Å²) in [7, 11) is 0. The van der Waals surface area contributed by atoms with Gasteiger partial charge in [-0.2, -0.15) is 9.78 Å². The zero-order valence-corrected chi connectivity index (χ0v) is 12.5. The second-order valence-corrected chi connectivity index (χ2v) is 4.84. The normalized spacial score (nSPS) is 10.5. The SMILES string of the molecule is CCOC(=O)c1ccc(NC(=O)n2ncc3ccccc32)cc1. The van der Waals surface area contributed by atoms with Crippen LogP contribution in [-0.2, 0) is 4.74 Å². The number of esters is 1. The van der Waals surface area contributed by atoms with E-state index in [-0.39, 0.29) is 12.0 Å². The third-order valence-electron chi connectivity index (χ3n) is 3.32. The molecular weight excluding hydrogens is 294 g/mol. The van der Waals surface area contributed by atoms with Gasteiger partial charge in [0.05, 0.1) is 23.9 Å². The first-order chi connectivity index (χ1) is 11.2. The molecule has 0 atom stereocenters. The number of para-hydroxylation sites is 1. The molecule has 0 radical (unpaired) electrons. The van der Waals surface area contributed by atoms with Gasteiger partial charge >= 0.3 is 12.0 Å². The molecule has 0 aliphatic heterocycles. The summed E-state index contributed by atoms with van der Waals surface area (Å²) in [6, 6.07) is 13.6. The van der Waals surface area contributed by atoms with E-state index in [9.17, 15) is 9.59 Å². The summed E-state index contributed by atoms with van der Waals surface area (Å²) in [5, 5.41) is 7.73. The van der Waals surface area contributed by atoms with Crippen LogP contribution < -0.4 is 5.32 Å². The molecule has 0 aliphatic rings. The van der Waals surface area contributed by atoms with Crippen LogP contribution in [0.25, 0.3) is 10.9 Å². The zero-order valence-electron chi connectivity index (χ0n) is 12.5. The Morgan fingerprint density at radius 3 is 2.61 bits per heavy atom. The van der Waals surface area contributed by atoms with Crippen molar-refractivity contribution in [3.63, 3.8) is 0 Å².